The molecule has 0 saturated carbocycles. The van der Waals surface area contributed by atoms with Crippen molar-refractivity contribution < 1.29 is 19.1 Å². The van der Waals surface area contributed by atoms with E-state index in [1.54, 1.807) is 12.3 Å². The Morgan fingerprint density at radius 1 is 1.05 bits per heavy atom. The number of carbonyl (C=O) groups excluding carboxylic acids is 2. The molecule has 0 bridgehead atoms. The Bertz CT molecular complexity index is 1550. The van der Waals surface area contributed by atoms with Gasteiger partial charge in [0.1, 0.15) is 12.6 Å². The van der Waals surface area contributed by atoms with Crippen molar-refractivity contribution in [3.8, 4) is 5.69 Å². The second-order valence-electron chi connectivity index (χ2n) is 9.29. The Balaban J connectivity index is 1.62. The van der Waals surface area contributed by atoms with Crippen LogP contribution < -0.4 is 15.5 Å². The third kappa shape index (κ3) is 5.18. The molecule has 1 saturated heterocycles. The Labute approximate surface area is 237 Å². The summed E-state index contributed by atoms with van der Waals surface area (Å²) in [6.45, 7) is 1.90. The molecule has 0 unspecified atom stereocenters. The molecule has 0 aliphatic carbocycles. The highest BCUT2D eigenvalue weighted by Crippen LogP contribution is 2.43. The topological polar surface area (TPSA) is 97.7 Å². The molecular formula is C30H29N5O4S. The first-order valence-corrected chi connectivity index (χ1v) is 13.1. The van der Waals surface area contributed by atoms with Gasteiger partial charge in [-0.2, -0.15) is 0 Å². The maximum Gasteiger partial charge on any atom is 0.339 e. The fraction of sp³-hybridized carbons (Fsp3) is 0.200. The lowest BCUT2D eigenvalue weighted by Gasteiger charge is -2.29. The molecule has 2 aromatic heterocycles. The summed E-state index contributed by atoms with van der Waals surface area (Å²) in [5.74, 6) is -0.651. The van der Waals surface area contributed by atoms with E-state index < -0.39 is 5.97 Å². The van der Waals surface area contributed by atoms with Gasteiger partial charge in [0.2, 0.25) is 5.91 Å². The molecule has 2 atom stereocenters. The molecule has 40 heavy (non-hydrogen) atoms. The van der Waals surface area contributed by atoms with Crippen LogP contribution in [0.2, 0.25) is 0 Å². The van der Waals surface area contributed by atoms with E-state index in [-0.39, 0.29) is 24.6 Å². The number of esters is 1. The minimum atomic E-state index is -0.421. The zero-order valence-corrected chi connectivity index (χ0v) is 23.1. The molecule has 0 radical (unpaired) electrons. The molecule has 2 N–H and O–H groups in total. The quantitative estimate of drug-likeness (QED) is 0.238. The number of pyridine rings is 1. The maximum atomic E-state index is 12.6. The number of rotatable bonds is 8. The number of aromatic nitrogens is 2. The van der Waals surface area contributed by atoms with Gasteiger partial charge >= 0.3 is 5.97 Å². The molecule has 9 nitrogen and oxygen atoms in total. The fourth-order valence-electron chi connectivity index (χ4n) is 5.01. The molecule has 0 spiro atoms. The van der Waals surface area contributed by atoms with Crippen molar-refractivity contribution in [1.82, 2.24) is 14.9 Å². The fourth-order valence-corrected chi connectivity index (χ4v) is 5.36. The van der Waals surface area contributed by atoms with Crippen LogP contribution in [-0.4, -0.2) is 47.4 Å². The first-order valence-electron chi connectivity index (χ1n) is 12.7. The summed E-state index contributed by atoms with van der Waals surface area (Å²) in [7, 11) is 2.85. The van der Waals surface area contributed by atoms with Gasteiger partial charge in [0.15, 0.2) is 5.11 Å². The number of nitrogens with zero attached hydrogens (tertiary/aromatic N) is 3. The van der Waals surface area contributed by atoms with Gasteiger partial charge in [-0.25, -0.2) is 4.79 Å². The number of carbonyl (C=O) groups is 2. The smallest absolute Gasteiger partial charge is 0.339 e. The molecule has 204 valence electrons. The zero-order chi connectivity index (χ0) is 28.2. The van der Waals surface area contributed by atoms with Gasteiger partial charge < -0.3 is 29.6 Å². The number of amides is 1. The average Bonchev–Trinajstić information content (AvgIpc) is 3.58. The van der Waals surface area contributed by atoms with Crippen molar-refractivity contribution in [2.24, 2.45) is 0 Å². The third-order valence-electron chi connectivity index (χ3n) is 6.79. The number of anilines is 2. The summed E-state index contributed by atoms with van der Waals surface area (Å²) < 4.78 is 12.0. The van der Waals surface area contributed by atoms with Gasteiger partial charge in [-0.15, -0.1) is 0 Å². The average molecular weight is 556 g/mol. The number of nitrogens with one attached hydrogen (secondary N) is 2. The van der Waals surface area contributed by atoms with E-state index in [2.05, 4.69) is 20.5 Å². The van der Waals surface area contributed by atoms with Gasteiger partial charge in [-0.3, -0.25) is 9.78 Å². The molecule has 1 aliphatic heterocycles. The summed E-state index contributed by atoms with van der Waals surface area (Å²) in [4.78, 5) is 31.4. The van der Waals surface area contributed by atoms with Gasteiger partial charge in [0, 0.05) is 36.6 Å². The minimum absolute atomic E-state index is 0.0286. The zero-order valence-electron chi connectivity index (χ0n) is 22.3. The molecule has 3 heterocycles. The van der Waals surface area contributed by atoms with Crippen molar-refractivity contribution in [3.63, 3.8) is 0 Å². The van der Waals surface area contributed by atoms with E-state index in [1.165, 1.54) is 14.2 Å². The van der Waals surface area contributed by atoms with E-state index in [9.17, 15) is 9.59 Å². The summed E-state index contributed by atoms with van der Waals surface area (Å²) >= 11 is 5.89. The van der Waals surface area contributed by atoms with Gasteiger partial charge in [0.25, 0.3) is 0 Å². The molecule has 4 aromatic rings. The van der Waals surface area contributed by atoms with Gasteiger partial charge in [-0.05, 0) is 79.3 Å². The first kappa shape index (κ1) is 27.0. The van der Waals surface area contributed by atoms with Gasteiger partial charge in [-0.1, -0.05) is 18.2 Å². The molecule has 1 fully saturated rings. The van der Waals surface area contributed by atoms with Crippen molar-refractivity contribution >= 4 is 40.6 Å². The highest BCUT2D eigenvalue weighted by atomic mass is 32.1. The van der Waals surface area contributed by atoms with Crippen LogP contribution >= 0.6 is 12.2 Å². The van der Waals surface area contributed by atoms with Crippen LogP contribution in [0.1, 0.15) is 39.4 Å². The third-order valence-corrected chi connectivity index (χ3v) is 7.10. The lowest BCUT2D eigenvalue weighted by Crippen LogP contribution is -2.30. The standard InChI is InChI=1S/C30H29N5O4S/c1-19-17-20(13-14-22(19)32-26(36)18-38-2)35-28(27(33-30(35)40)23-10-6-7-15-31-23)25-12-8-16-34(25)24-11-5-4-9-21(24)29(37)39-3/h4-17,27-28H,18H2,1-3H3,(H,32,36)(H,33,40)/t27-,28-/m0/s1. The van der Waals surface area contributed by atoms with Crippen LogP contribution in [0, 0.1) is 6.92 Å². The number of benzene rings is 2. The van der Waals surface area contributed by atoms with Crippen LogP contribution in [-0.2, 0) is 14.3 Å². The van der Waals surface area contributed by atoms with Crippen molar-refractivity contribution in [2.75, 3.05) is 31.0 Å². The summed E-state index contributed by atoms with van der Waals surface area (Å²) in [5.41, 5.74) is 5.27. The molecule has 1 amide bonds. The van der Waals surface area contributed by atoms with Crippen LogP contribution in [0.5, 0.6) is 0 Å². The number of hydrogen-bond donors (Lipinski definition) is 2. The predicted molar refractivity (Wildman–Crippen MR) is 157 cm³/mol. The molecule has 10 heteroatoms. The molecule has 5 rings (SSSR count). The Hall–Kier alpha value is -4.54. The van der Waals surface area contributed by atoms with Gasteiger partial charge in [0.05, 0.1) is 30.1 Å². The normalized spacial score (nSPS) is 16.5. The molecule has 1 aliphatic rings. The SMILES string of the molecule is COCC(=O)Nc1ccc(N2C(=S)N[C@@H](c3ccccn3)[C@@H]2c2cccn2-c2ccccc2C(=O)OC)cc1C. The van der Waals surface area contributed by atoms with Crippen molar-refractivity contribution in [2.45, 2.75) is 19.0 Å². The lowest BCUT2D eigenvalue weighted by molar-refractivity contribution is -0.119. The van der Waals surface area contributed by atoms with E-state index >= 15 is 0 Å². The number of aryl methyl sites for hydroxylation is 1. The predicted octanol–water partition coefficient (Wildman–Crippen LogP) is 4.73. The Morgan fingerprint density at radius 2 is 1.85 bits per heavy atom. The van der Waals surface area contributed by atoms with E-state index in [0.717, 1.165) is 22.6 Å². The highest BCUT2D eigenvalue weighted by Gasteiger charge is 2.42. The molecular weight excluding hydrogens is 526 g/mol. The maximum absolute atomic E-state index is 12.6. The second kappa shape index (κ2) is 11.7. The number of ether oxygens (including phenoxy) is 2. The number of para-hydroxylation sites is 1. The van der Waals surface area contributed by atoms with E-state index in [1.807, 2.05) is 84.4 Å². The Kier molecular flexibility index (Phi) is 7.90. The number of thiocarbonyl (C=S) groups is 1. The van der Waals surface area contributed by atoms with E-state index in [4.69, 9.17) is 21.7 Å². The van der Waals surface area contributed by atoms with E-state index in [0.29, 0.717) is 22.1 Å². The summed E-state index contributed by atoms with van der Waals surface area (Å²) in [6.07, 6.45) is 3.68. The van der Waals surface area contributed by atoms with Crippen LogP contribution in [0.4, 0.5) is 11.4 Å². The highest BCUT2D eigenvalue weighted by molar-refractivity contribution is 7.80. The van der Waals surface area contributed by atoms with Crippen LogP contribution in [0.15, 0.2) is 85.2 Å². The second-order valence-corrected chi connectivity index (χ2v) is 9.68. The number of hydrogen-bond acceptors (Lipinski definition) is 6. The van der Waals surface area contributed by atoms with Crippen molar-refractivity contribution in [1.29, 1.82) is 0 Å². The van der Waals surface area contributed by atoms with Crippen LogP contribution in [0.3, 0.4) is 0 Å². The molecule has 2 aromatic carbocycles. The first-order chi connectivity index (χ1) is 19.4. The minimum Gasteiger partial charge on any atom is -0.465 e. The Morgan fingerprint density at radius 3 is 2.58 bits per heavy atom. The lowest BCUT2D eigenvalue weighted by atomic mass is 10.00. The monoisotopic (exact) mass is 555 g/mol. The van der Waals surface area contributed by atoms with Crippen LogP contribution in [0.25, 0.3) is 5.69 Å². The van der Waals surface area contributed by atoms with Crippen molar-refractivity contribution in [3.05, 3.63) is 108 Å². The summed E-state index contributed by atoms with van der Waals surface area (Å²) in [5, 5.41) is 6.88. The largest absolute Gasteiger partial charge is 0.465 e. The number of methoxy groups -OCH3 is 2. The summed E-state index contributed by atoms with van der Waals surface area (Å²) in [6, 6.07) is 22.2.